The molecule has 2 aliphatic heterocycles. The molecule has 2 aliphatic rings. The maximum Gasteiger partial charge on any atom is 0.232 e. The van der Waals surface area contributed by atoms with Crippen LogP contribution in [0.1, 0.15) is 39.5 Å². The summed E-state index contributed by atoms with van der Waals surface area (Å²) in [5.41, 5.74) is 2.59. The zero-order valence-electron chi connectivity index (χ0n) is 22.1. The van der Waals surface area contributed by atoms with Crippen molar-refractivity contribution in [1.82, 2.24) is 20.3 Å². The number of rotatable bonds is 8. The van der Waals surface area contributed by atoms with Gasteiger partial charge >= 0.3 is 0 Å². The number of nitrogens with zero attached hydrogens (tertiary/aromatic N) is 4. The fourth-order valence-electron chi connectivity index (χ4n) is 5.20. The Kier molecular flexibility index (Phi) is 7.40. The van der Waals surface area contributed by atoms with Gasteiger partial charge in [-0.2, -0.15) is 4.98 Å². The molecule has 0 saturated carbocycles. The van der Waals surface area contributed by atoms with Crippen molar-refractivity contribution in [3.05, 3.63) is 48.8 Å². The molecule has 10 nitrogen and oxygen atoms in total. The summed E-state index contributed by atoms with van der Waals surface area (Å²) in [6.07, 6.45) is 6.22. The quantitative estimate of drug-likeness (QED) is 0.384. The molecule has 3 N–H and O–H groups in total. The van der Waals surface area contributed by atoms with Gasteiger partial charge in [-0.1, -0.05) is 12.1 Å². The Morgan fingerprint density at radius 2 is 1.71 bits per heavy atom. The average Bonchev–Trinajstić information content (AvgIpc) is 3.37. The van der Waals surface area contributed by atoms with Crippen molar-refractivity contribution in [1.29, 1.82) is 0 Å². The van der Waals surface area contributed by atoms with Gasteiger partial charge in [-0.05, 0) is 70.3 Å². The van der Waals surface area contributed by atoms with E-state index in [1.807, 2.05) is 12.1 Å². The molecule has 0 radical (unpaired) electrons. The third-order valence-electron chi connectivity index (χ3n) is 7.48. The van der Waals surface area contributed by atoms with Crippen LogP contribution in [-0.2, 0) is 9.84 Å². The third kappa shape index (κ3) is 5.39. The molecule has 2 aromatic carbocycles. The minimum Gasteiger partial charge on any atom is -0.494 e. The Hall–Kier alpha value is -3.44. The maximum atomic E-state index is 12.8. The highest BCUT2D eigenvalue weighted by atomic mass is 32.2. The molecule has 202 valence electrons. The van der Waals surface area contributed by atoms with Crippen LogP contribution in [0.5, 0.6) is 5.75 Å². The zero-order valence-corrected chi connectivity index (χ0v) is 22.9. The minimum atomic E-state index is -3.49. The number of aromatic nitrogens is 3. The second-order valence-electron chi connectivity index (χ2n) is 10.2. The lowest BCUT2D eigenvalue weighted by atomic mass is 9.86. The van der Waals surface area contributed by atoms with Crippen molar-refractivity contribution in [3.63, 3.8) is 0 Å². The Labute approximate surface area is 224 Å². The Morgan fingerprint density at radius 3 is 2.37 bits per heavy atom. The number of hydrogen-bond donors (Lipinski definition) is 3. The van der Waals surface area contributed by atoms with Crippen molar-refractivity contribution in [2.45, 2.75) is 55.2 Å². The van der Waals surface area contributed by atoms with E-state index in [9.17, 15) is 8.42 Å². The molecule has 0 amide bonds. The first kappa shape index (κ1) is 26.2. The summed E-state index contributed by atoms with van der Waals surface area (Å²) >= 11 is 0. The van der Waals surface area contributed by atoms with E-state index in [1.165, 1.54) is 19.2 Å². The highest BCUT2D eigenvalue weighted by Crippen LogP contribution is 2.36. The molecule has 5 rings (SSSR count). The molecule has 2 fully saturated rings. The summed E-state index contributed by atoms with van der Waals surface area (Å²) < 4.78 is 31.3. The normalized spacial score (nSPS) is 17.1. The number of sulfone groups is 1. The van der Waals surface area contributed by atoms with E-state index >= 15 is 0 Å². The number of anilines is 5. The number of para-hydroxylation sites is 1. The molecule has 0 aliphatic carbocycles. The van der Waals surface area contributed by atoms with Crippen molar-refractivity contribution >= 4 is 38.8 Å². The zero-order chi connectivity index (χ0) is 26.8. The smallest absolute Gasteiger partial charge is 0.232 e. The molecule has 0 bridgehead atoms. The van der Waals surface area contributed by atoms with Crippen LogP contribution in [-0.4, -0.2) is 60.9 Å². The molecule has 0 unspecified atom stereocenters. The van der Waals surface area contributed by atoms with Crippen LogP contribution in [0.25, 0.3) is 0 Å². The van der Waals surface area contributed by atoms with Crippen molar-refractivity contribution in [2.24, 2.45) is 0 Å². The van der Waals surface area contributed by atoms with E-state index in [1.54, 1.807) is 45.2 Å². The fraction of sp³-hybridized carbons (Fsp3) is 0.444. The number of benzene rings is 2. The number of methoxy groups -OCH3 is 1. The van der Waals surface area contributed by atoms with Gasteiger partial charge in [0.1, 0.15) is 12.1 Å². The predicted octanol–water partition coefficient (Wildman–Crippen LogP) is 4.27. The molecular formula is C27H35N7O3S. The van der Waals surface area contributed by atoms with Crippen LogP contribution in [0.4, 0.5) is 29.0 Å². The molecule has 3 heterocycles. The van der Waals surface area contributed by atoms with Crippen LogP contribution >= 0.6 is 0 Å². The van der Waals surface area contributed by atoms with Crippen LogP contribution < -0.4 is 25.6 Å². The Morgan fingerprint density at radius 1 is 1.00 bits per heavy atom. The van der Waals surface area contributed by atoms with Crippen LogP contribution in [0.3, 0.4) is 0 Å². The van der Waals surface area contributed by atoms with E-state index in [2.05, 4.69) is 41.9 Å². The van der Waals surface area contributed by atoms with Gasteiger partial charge in [0.2, 0.25) is 11.9 Å². The second-order valence-corrected chi connectivity index (χ2v) is 12.6. The first-order valence-corrected chi connectivity index (χ1v) is 14.6. The number of piperidine rings is 1. The third-order valence-corrected chi connectivity index (χ3v) is 9.69. The van der Waals surface area contributed by atoms with E-state index in [-0.39, 0.29) is 10.8 Å². The lowest BCUT2D eigenvalue weighted by Crippen LogP contribution is -2.50. The second kappa shape index (κ2) is 10.7. The van der Waals surface area contributed by atoms with Crippen LogP contribution in [0.15, 0.2) is 53.7 Å². The molecule has 1 spiro atoms. The van der Waals surface area contributed by atoms with Gasteiger partial charge in [0.05, 0.1) is 28.6 Å². The largest absolute Gasteiger partial charge is 0.494 e. The summed E-state index contributed by atoms with van der Waals surface area (Å²) in [7, 11) is -1.85. The molecule has 0 atom stereocenters. The van der Waals surface area contributed by atoms with E-state index in [4.69, 9.17) is 4.74 Å². The van der Waals surface area contributed by atoms with Gasteiger partial charge in [0.25, 0.3) is 0 Å². The predicted molar refractivity (Wildman–Crippen MR) is 150 cm³/mol. The average molecular weight is 538 g/mol. The maximum absolute atomic E-state index is 12.8. The molecule has 3 aromatic rings. The highest BCUT2D eigenvalue weighted by molar-refractivity contribution is 7.92. The van der Waals surface area contributed by atoms with Gasteiger partial charge < -0.3 is 25.6 Å². The van der Waals surface area contributed by atoms with E-state index in [0.717, 1.165) is 43.9 Å². The van der Waals surface area contributed by atoms with Crippen molar-refractivity contribution in [3.8, 4) is 5.75 Å². The van der Waals surface area contributed by atoms with E-state index < -0.39 is 15.1 Å². The number of ether oxygens (including phenoxy) is 1. The lowest BCUT2D eigenvalue weighted by Gasteiger charge is -2.40. The summed E-state index contributed by atoms with van der Waals surface area (Å²) in [5.74, 6) is 1.22. The fourth-order valence-corrected chi connectivity index (χ4v) is 6.40. The summed E-state index contributed by atoms with van der Waals surface area (Å²) in [6.45, 7) is 6.47. The van der Waals surface area contributed by atoms with Gasteiger partial charge in [-0.3, -0.25) is 0 Å². The SMILES string of the molecule is COc1cc(N2CCC3(CCCN3)CC2)ccc1Nc1ncnc(Nc2ccccc2S(=O)(=O)C(C)C)n1. The van der Waals surface area contributed by atoms with Gasteiger partial charge in [0.15, 0.2) is 9.84 Å². The first-order chi connectivity index (χ1) is 18.3. The highest BCUT2D eigenvalue weighted by Gasteiger charge is 2.36. The monoisotopic (exact) mass is 537 g/mol. The standard InChI is InChI=1S/C27H35N7O3S/c1-19(2)38(35,36)24-8-5-4-7-22(24)32-26-29-18-28-25(33-26)31-21-10-9-20(17-23(21)37-3)34-15-12-27(13-16-34)11-6-14-30-27/h4-5,7-10,17-19,30H,6,11-16H2,1-3H3,(H2,28,29,31,32,33). The van der Waals surface area contributed by atoms with Gasteiger partial charge in [0, 0.05) is 30.4 Å². The summed E-state index contributed by atoms with van der Waals surface area (Å²) in [5, 5.41) is 9.41. The van der Waals surface area contributed by atoms with Gasteiger partial charge in [-0.15, -0.1) is 0 Å². The van der Waals surface area contributed by atoms with Gasteiger partial charge in [-0.25, -0.2) is 18.4 Å². The van der Waals surface area contributed by atoms with Crippen LogP contribution in [0.2, 0.25) is 0 Å². The molecule has 11 heteroatoms. The van der Waals surface area contributed by atoms with E-state index in [0.29, 0.717) is 22.9 Å². The summed E-state index contributed by atoms with van der Waals surface area (Å²) in [6, 6.07) is 12.8. The lowest BCUT2D eigenvalue weighted by molar-refractivity contribution is 0.297. The molecular weight excluding hydrogens is 502 g/mol. The van der Waals surface area contributed by atoms with Crippen molar-refractivity contribution < 1.29 is 13.2 Å². The Balaban J connectivity index is 1.31. The molecule has 1 aromatic heterocycles. The Bertz CT molecular complexity index is 1380. The number of hydrogen-bond acceptors (Lipinski definition) is 10. The summed E-state index contributed by atoms with van der Waals surface area (Å²) in [4.78, 5) is 15.5. The molecule has 38 heavy (non-hydrogen) atoms. The minimum absolute atomic E-state index is 0.203. The topological polar surface area (TPSA) is 121 Å². The van der Waals surface area contributed by atoms with Crippen LogP contribution in [0, 0.1) is 0 Å². The molecule has 2 saturated heterocycles. The number of nitrogens with one attached hydrogen (secondary N) is 3. The first-order valence-electron chi connectivity index (χ1n) is 13.0. The van der Waals surface area contributed by atoms with Crippen molar-refractivity contribution in [2.75, 3.05) is 42.3 Å².